The number of hydrazine groups is 1. The fraction of sp³-hybridized carbons (Fsp3) is 0.533. The Bertz CT molecular complexity index is 477. The second kappa shape index (κ2) is 4.39. The molecule has 3 nitrogen and oxygen atoms in total. The van der Waals surface area contributed by atoms with Gasteiger partial charge in [-0.05, 0) is 55.2 Å². The van der Waals surface area contributed by atoms with Crippen molar-refractivity contribution in [2.75, 3.05) is 7.05 Å². The van der Waals surface area contributed by atoms with Gasteiger partial charge in [-0.1, -0.05) is 18.2 Å². The van der Waals surface area contributed by atoms with Gasteiger partial charge in [0.25, 0.3) is 0 Å². The molecule has 0 unspecified atom stereocenters. The van der Waals surface area contributed by atoms with Crippen LogP contribution in [0.3, 0.4) is 0 Å². The second-order valence-electron chi connectivity index (χ2n) is 5.48. The number of fused-ring (bicyclic) bond motifs is 1. The van der Waals surface area contributed by atoms with E-state index in [2.05, 4.69) is 29.1 Å². The van der Waals surface area contributed by atoms with Crippen molar-refractivity contribution in [1.29, 1.82) is 0 Å². The summed E-state index contributed by atoms with van der Waals surface area (Å²) >= 11 is 0. The summed E-state index contributed by atoms with van der Waals surface area (Å²) in [4.78, 5) is 12.1. The number of carbonyl (C=O) groups excluding carboxylic acids is 1. The third-order valence-electron chi connectivity index (χ3n) is 4.32. The van der Waals surface area contributed by atoms with Crippen molar-refractivity contribution in [3.05, 3.63) is 34.9 Å². The second-order valence-corrected chi connectivity index (χ2v) is 5.48. The summed E-state index contributed by atoms with van der Waals surface area (Å²) in [5.74, 6) is 0.112. The van der Waals surface area contributed by atoms with Gasteiger partial charge in [-0.15, -0.1) is 0 Å². The summed E-state index contributed by atoms with van der Waals surface area (Å²) in [7, 11) is 1.74. The summed E-state index contributed by atoms with van der Waals surface area (Å²) in [6.07, 6.45) is 6.90. The highest BCUT2D eigenvalue weighted by Crippen LogP contribution is 2.49. The first-order chi connectivity index (χ1) is 8.76. The zero-order valence-corrected chi connectivity index (χ0v) is 10.9. The zero-order valence-electron chi connectivity index (χ0n) is 10.9. The van der Waals surface area contributed by atoms with Crippen LogP contribution in [0.5, 0.6) is 0 Å². The molecule has 1 aromatic carbocycles. The summed E-state index contributed by atoms with van der Waals surface area (Å²) < 4.78 is 0. The molecule has 0 radical (unpaired) electrons. The van der Waals surface area contributed by atoms with Crippen LogP contribution in [0, 0.1) is 0 Å². The van der Waals surface area contributed by atoms with E-state index in [1.54, 1.807) is 7.05 Å². The third-order valence-corrected chi connectivity index (χ3v) is 4.32. The Morgan fingerprint density at radius 2 is 1.89 bits per heavy atom. The molecule has 3 rings (SSSR count). The van der Waals surface area contributed by atoms with E-state index in [4.69, 9.17) is 0 Å². The van der Waals surface area contributed by atoms with Gasteiger partial charge >= 0.3 is 0 Å². The SMILES string of the molecule is CNNC(=O)C1(c2ccc3c(c2)CCCC3)CC1. The minimum Gasteiger partial charge on any atom is -0.291 e. The van der Waals surface area contributed by atoms with Gasteiger partial charge in [0.2, 0.25) is 5.91 Å². The Morgan fingerprint density at radius 1 is 1.17 bits per heavy atom. The lowest BCUT2D eigenvalue weighted by atomic mass is 9.86. The van der Waals surface area contributed by atoms with Crippen LogP contribution in [0.15, 0.2) is 18.2 Å². The number of amides is 1. The topological polar surface area (TPSA) is 41.1 Å². The molecular formula is C15H20N2O. The maximum atomic E-state index is 12.1. The van der Waals surface area contributed by atoms with Crippen molar-refractivity contribution in [1.82, 2.24) is 10.9 Å². The van der Waals surface area contributed by atoms with Crippen LogP contribution in [-0.2, 0) is 23.1 Å². The maximum Gasteiger partial charge on any atom is 0.244 e. The fourth-order valence-electron chi connectivity index (χ4n) is 3.04. The van der Waals surface area contributed by atoms with Gasteiger partial charge in [-0.2, -0.15) is 0 Å². The number of rotatable bonds is 3. The van der Waals surface area contributed by atoms with Gasteiger partial charge in [0.1, 0.15) is 0 Å². The first-order valence-electron chi connectivity index (χ1n) is 6.86. The number of hydrogen-bond donors (Lipinski definition) is 2. The minimum atomic E-state index is -0.254. The number of hydrogen-bond acceptors (Lipinski definition) is 2. The maximum absolute atomic E-state index is 12.1. The van der Waals surface area contributed by atoms with Crippen molar-refractivity contribution < 1.29 is 4.79 Å². The predicted octanol–water partition coefficient (Wildman–Crippen LogP) is 1.85. The van der Waals surface area contributed by atoms with Gasteiger partial charge in [0, 0.05) is 7.05 Å². The number of aryl methyl sites for hydroxylation is 2. The van der Waals surface area contributed by atoms with Gasteiger partial charge in [-0.3, -0.25) is 10.2 Å². The molecule has 2 aliphatic carbocycles. The molecule has 2 aliphatic rings. The van der Waals surface area contributed by atoms with Crippen LogP contribution in [0.4, 0.5) is 0 Å². The Hall–Kier alpha value is -1.35. The van der Waals surface area contributed by atoms with E-state index in [1.807, 2.05) is 0 Å². The van der Waals surface area contributed by atoms with Gasteiger partial charge in [0.05, 0.1) is 5.41 Å². The van der Waals surface area contributed by atoms with Gasteiger partial charge in [0.15, 0.2) is 0 Å². The molecule has 0 aromatic heterocycles. The molecular weight excluding hydrogens is 224 g/mol. The Balaban J connectivity index is 1.90. The molecule has 0 atom stereocenters. The molecule has 0 aliphatic heterocycles. The third kappa shape index (κ3) is 1.83. The van der Waals surface area contributed by atoms with E-state index >= 15 is 0 Å². The monoisotopic (exact) mass is 244 g/mol. The predicted molar refractivity (Wildman–Crippen MR) is 71.2 cm³/mol. The molecule has 1 saturated carbocycles. The summed E-state index contributed by atoms with van der Waals surface area (Å²) in [6, 6.07) is 6.67. The van der Waals surface area contributed by atoms with E-state index in [1.165, 1.54) is 42.4 Å². The molecule has 0 heterocycles. The highest BCUT2D eigenvalue weighted by atomic mass is 16.2. The smallest absolute Gasteiger partial charge is 0.244 e. The molecule has 0 saturated heterocycles. The molecule has 1 fully saturated rings. The van der Waals surface area contributed by atoms with Crippen LogP contribution in [0.1, 0.15) is 42.4 Å². The summed E-state index contributed by atoms with van der Waals surface area (Å²) in [5, 5.41) is 0. The highest BCUT2D eigenvalue weighted by Gasteiger charge is 2.51. The van der Waals surface area contributed by atoms with E-state index in [9.17, 15) is 4.79 Å². The number of carbonyl (C=O) groups is 1. The lowest BCUT2D eigenvalue weighted by Gasteiger charge is -2.20. The Kier molecular flexibility index (Phi) is 2.86. The Labute approximate surface area is 108 Å². The molecule has 2 N–H and O–H groups in total. The lowest BCUT2D eigenvalue weighted by Crippen LogP contribution is -2.41. The fourth-order valence-corrected chi connectivity index (χ4v) is 3.04. The van der Waals surface area contributed by atoms with Gasteiger partial charge < -0.3 is 0 Å². The minimum absolute atomic E-state index is 0.112. The quantitative estimate of drug-likeness (QED) is 0.797. The molecule has 0 bridgehead atoms. The standard InChI is InChI=1S/C15H20N2O/c1-16-17-14(18)15(8-9-15)13-7-6-11-4-2-3-5-12(11)10-13/h6-7,10,16H,2-5,8-9H2,1H3,(H,17,18). The van der Waals surface area contributed by atoms with Crippen LogP contribution in [-0.4, -0.2) is 13.0 Å². The molecule has 1 amide bonds. The van der Waals surface area contributed by atoms with Crippen LogP contribution >= 0.6 is 0 Å². The van der Waals surface area contributed by atoms with Crippen molar-refractivity contribution >= 4 is 5.91 Å². The first-order valence-corrected chi connectivity index (χ1v) is 6.86. The molecule has 96 valence electrons. The highest BCUT2D eigenvalue weighted by molar-refractivity contribution is 5.91. The Morgan fingerprint density at radius 3 is 2.56 bits per heavy atom. The average molecular weight is 244 g/mol. The van der Waals surface area contributed by atoms with Gasteiger partial charge in [-0.25, -0.2) is 5.43 Å². The normalized spacial score (nSPS) is 20.1. The molecule has 3 heteroatoms. The van der Waals surface area contributed by atoms with Crippen LogP contribution in [0.2, 0.25) is 0 Å². The van der Waals surface area contributed by atoms with E-state index < -0.39 is 0 Å². The molecule has 1 aromatic rings. The van der Waals surface area contributed by atoms with E-state index in [0.29, 0.717) is 0 Å². The first kappa shape index (κ1) is 11.7. The summed E-state index contributed by atoms with van der Waals surface area (Å²) in [6.45, 7) is 0. The molecule has 18 heavy (non-hydrogen) atoms. The van der Waals surface area contributed by atoms with E-state index in [-0.39, 0.29) is 11.3 Å². The molecule has 0 spiro atoms. The zero-order chi connectivity index (χ0) is 12.6. The number of nitrogens with one attached hydrogen (secondary N) is 2. The largest absolute Gasteiger partial charge is 0.291 e. The average Bonchev–Trinajstić information content (AvgIpc) is 3.20. The van der Waals surface area contributed by atoms with Crippen LogP contribution < -0.4 is 10.9 Å². The van der Waals surface area contributed by atoms with Crippen molar-refractivity contribution in [3.63, 3.8) is 0 Å². The van der Waals surface area contributed by atoms with Crippen molar-refractivity contribution in [3.8, 4) is 0 Å². The van der Waals surface area contributed by atoms with Crippen molar-refractivity contribution in [2.45, 2.75) is 43.9 Å². The lowest BCUT2D eigenvalue weighted by molar-refractivity contribution is -0.124. The number of benzene rings is 1. The summed E-state index contributed by atoms with van der Waals surface area (Å²) in [5.41, 5.74) is 9.38. The van der Waals surface area contributed by atoms with Crippen molar-refractivity contribution in [2.24, 2.45) is 0 Å². The van der Waals surface area contributed by atoms with Crippen LogP contribution in [0.25, 0.3) is 0 Å². The van der Waals surface area contributed by atoms with E-state index in [0.717, 1.165) is 12.8 Å².